The average Bonchev–Trinajstić information content (AvgIpc) is 4.03. The van der Waals surface area contributed by atoms with Crippen LogP contribution in [-0.4, -0.2) is 149 Å². The number of carbonyl (C=O) groups is 8. The highest BCUT2D eigenvalue weighted by Crippen LogP contribution is 2.26. The van der Waals surface area contributed by atoms with Gasteiger partial charge in [0, 0.05) is 39.0 Å². The Morgan fingerprint density at radius 1 is 0.582 bits per heavy atom. The molecule has 2 aromatic carbocycles. The molecule has 0 aliphatic carbocycles. The summed E-state index contributed by atoms with van der Waals surface area (Å²) in [6.45, 7) is 1.12. The van der Waals surface area contributed by atoms with Gasteiger partial charge in [-0.25, -0.2) is 0 Å². The number of amides is 8. The van der Waals surface area contributed by atoms with Crippen LogP contribution in [0.2, 0.25) is 0 Å². The van der Waals surface area contributed by atoms with Crippen molar-refractivity contribution in [2.24, 2.45) is 22.2 Å². The number of aliphatic hydroxyl groups is 1. The monoisotopic (exact) mass is 931 g/mol. The maximum atomic E-state index is 14.5. The third kappa shape index (κ3) is 14.4. The van der Waals surface area contributed by atoms with Gasteiger partial charge in [0.15, 0.2) is 5.96 Å². The fraction of sp³-hybridized carbons (Fsp3) is 0.543. The summed E-state index contributed by atoms with van der Waals surface area (Å²) in [5.74, 6) is -5.87. The molecule has 3 aliphatic rings. The zero-order valence-corrected chi connectivity index (χ0v) is 38.0. The highest BCUT2D eigenvalue weighted by Gasteiger charge is 2.44. The summed E-state index contributed by atoms with van der Waals surface area (Å²) in [5.41, 5.74) is 18.4. The SMILES string of the molecule is CCCC[C@@H]1NC(=O)[C@H](CO)NC(=O)[C@H](CN)NC(=O)[C@H](Cc2ccccc2)NC(=O)[C@H](Cc2ccccc2)NC(=O)[C@H](CCCN=C(N)N)NC(=O)[C@@H]2CCCN2C(=O)[C@H]2CCCN2C1=O. The standard InChI is InChI=1S/C46H66N12O9/c1-2-3-17-31-44(66)58-23-12-20-37(58)45(67)57-22-11-19-36(57)43(65)51-30(18-10-21-50-46(48)49)38(60)53-32(24-28-13-6-4-7-14-28)39(61)54-33(25-29-15-8-5-9-16-29)40(62)55-34(26-47)41(63)56-35(27-59)42(64)52-31/h4-9,13-16,30-37,59H,2-3,10-12,17-27,47H2,1H3,(H,51,65)(H,52,64)(H,53,60)(H,54,61)(H,55,62)(H,56,63)(H4,48,49,50)/t30-,31-,32-,33-,34-,35-,36-,37+/m0/s1. The van der Waals surface area contributed by atoms with Gasteiger partial charge in [-0.05, 0) is 56.1 Å². The molecule has 3 aliphatic heterocycles. The molecule has 0 spiro atoms. The maximum absolute atomic E-state index is 14.5. The molecule has 5 rings (SSSR count). The molecular formula is C46H66N12O9. The van der Waals surface area contributed by atoms with E-state index in [1.54, 1.807) is 60.7 Å². The van der Waals surface area contributed by atoms with Crippen LogP contribution in [0.3, 0.4) is 0 Å². The minimum absolute atomic E-state index is 0.0309. The molecule has 21 nitrogen and oxygen atoms in total. The lowest BCUT2D eigenvalue weighted by Crippen LogP contribution is -2.62. The topological polar surface area (TPSA) is 326 Å². The van der Waals surface area contributed by atoms with Crippen molar-refractivity contribution in [3.8, 4) is 0 Å². The third-order valence-electron chi connectivity index (χ3n) is 12.2. The number of nitrogens with zero attached hydrogens (tertiary/aromatic N) is 3. The predicted molar refractivity (Wildman–Crippen MR) is 247 cm³/mol. The largest absolute Gasteiger partial charge is 0.394 e. The molecule has 0 radical (unpaired) electrons. The van der Waals surface area contributed by atoms with Crippen molar-refractivity contribution in [1.29, 1.82) is 0 Å². The van der Waals surface area contributed by atoms with Crippen molar-refractivity contribution in [2.45, 2.75) is 126 Å². The first-order chi connectivity index (χ1) is 32.2. The number of fused-ring (bicyclic) bond motifs is 2. The van der Waals surface area contributed by atoms with Gasteiger partial charge in [-0.3, -0.25) is 43.3 Å². The summed E-state index contributed by atoms with van der Waals surface area (Å²) in [7, 11) is 0. The molecule has 3 fully saturated rings. The lowest BCUT2D eigenvalue weighted by Gasteiger charge is -2.34. The van der Waals surface area contributed by atoms with Crippen LogP contribution in [0.5, 0.6) is 0 Å². The summed E-state index contributed by atoms with van der Waals surface area (Å²) in [6.07, 6.45) is 3.07. The maximum Gasteiger partial charge on any atom is 0.246 e. The second kappa shape index (κ2) is 25.3. The number of aliphatic hydroxyl groups excluding tert-OH is 1. The van der Waals surface area contributed by atoms with Crippen molar-refractivity contribution in [3.05, 3.63) is 71.8 Å². The van der Waals surface area contributed by atoms with E-state index < -0.39 is 109 Å². The predicted octanol–water partition coefficient (Wildman–Crippen LogP) is -2.43. The van der Waals surface area contributed by atoms with Crippen molar-refractivity contribution in [2.75, 3.05) is 32.8 Å². The number of hydrogen-bond donors (Lipinski definition) is 10. The first-order valence-corrected chi connectivity index (χ1v) is 23.1. The van der Waals surface area contributed by atoms with Crippen LogP contribution in [0.1, 0.15) is 75.8 Å². The molecule has 67 heavy (non-hydrogen) atoms. The number of rotatable bonds is 13. The average molecular weight is 931 g/mol. The molecule has 3 heterocycles. The van der Waals surface area contributed by atoms with Gasteiger partial charge in [0.2, 0.25) is 47.3 Å². The molecule has 0 saturated carbocycles. The number of guanidine groups is 1. The smallest absolute Gasteiger partial charge is 0.246 e. The van der Waals surface area contributed by atoms with Gasteiger partial charge in [0.1, 0.15) is 48.3 Å². The second-order valence-electron chi connectivity index (χ2n) is 17.1. The van der Waals surface area contributed by atoms with Crippen LogP contribution in [0.4, 0.5) is 0 Å². The molecule has 21 heteroatoms. The number of hydrogen-bond acceptors (Lipinski definition) is 11. The molecule has 364 valence electrons. The zero-order valence-electron chi connectivity index (χ0n) is 38.0. The summed E-state index contributed by atoms with van der Waals surface area (Å²) < 4.78 is 0. The zero-order chi connectivity index (χ0) is 48.5. The fourth-order valence-electron chi connectivity index (χ4n) is 8.59. The molecule has 0 unspecified atom stereocenters. The van der Waals surface area contributed by atoms with Crippen molar-refractivity contribution in [3.63, 3.8) is 0 Å². The van der Waals surface area contributed by atoms with E-state index in [1.807, 2.05) is 6.92 Å². The van der Waals surface area contributed by atoms with Crippen LogP contribution in [0, 0.1) is 0 Å². The van der Waals surface area contributed by atoms with Crippen LogP contribution >= 0.6 is 0 Å². The first-order valence-electron chi connectivity index (χ1n) is 23.1. The molecule has 3 saturated heterocycles. The van der Waals surface area contributed by atoms with Crippen molar-refractivity contribution < 1.29 is 43.5 Å². The Bertz CT molecular complexity index is 2070. The molecule has 0 aromatic heterocycles. The Morgan fingerprint density at radius 2 is 1.03 bits per heavy atom. The van der Waals surface area contributed by atoms with E-state index in [1.165, 1.54) is 9.80 Å². The summed E-state index contributed by atoms with van der Waals surface area (Å²) in [6, 6.07) is 7.58. The van der Waals surface area contributed by atoms with Crippen LogP contribution in [0.15, 0.2) is 65.7 Å². The third-order valence-corrected chi connectivity index (χ3v) is 12.2. The summed E-state index contributed by atoms with van der Waals surface area (Å²) in [5, 5.41) is 26.4. The van der Waals surface area contributed by atoms with Gasteiger partial charge >= 0.3 is 0 Å². The van der Waals surface area contributed by atoms with E-state index >= 15 is 0 Å². The van der Waals surface area contributed by atoms with Gasteiger partial charge in [-0.2, -0.15) is 0 Å². The Morgan fingerprint density at radius 3 is 1.57 bits per heavy atom. The Hall–Kier alpha value is -6.61. The van der Waals surface area contributed by atoms with Gasteiger partial charge in [-0.1, -0.05) is 80.4 Å². The molecular weight excluding hydrogens is 865 g/mol. The number of aliphatic imine (C=N–C) groups is 1. The molecule has 0 bridgehead atoms. The van der Waals surface area contributed by atoms with E-state index in [0.717, 1.165) is 0 Å². The van der Waals surface area contributed by atoms with E-state index in [9.17, 15) is 43.5 Å². The number of benzene rings is 2. The summed E-state index contributed by atoms with van der Waals surface area (Å²) >= 11 is 0. The van der Waals surface area contributed by atoms with Gasteiger partial charge in [0.25, 0.3) is 0 Å². The number of carbonyl (C=O) groups excluding carboxylic acids is 8. The highest BCUT2D eigenvalue weighted by atomic mass is 16.3. The lowest BCUT2D eigenvalue weighted by molar-refractivity contribution is -0.148. The molecule has 8 atom stereocenters. The minimum Gasteiger partial charge on any atom is -0.394 e. The highest BCUT2D eigenvalue weighted by molar-refractivity contribution is 5.99. The molecule has 2 aromatic rings. The van der Waals surface area contributed by atoms with Crippen molar-refractivity contribution in [1.82, 2.24) is 41.7 Å². The second-order valence-corrected chi connectivity index (χ2v) is 17.1. The lowest BCUT2D eigenvalue weighted by atomic mass is 10.0. The van der Waals surface area contributed by atoms with Gasteiger partial charge in [-0.15, -0.1) is 0 Å². The van der Waals surface area contributed by atoms with Gasteiger partial charge < -0.3 is 64.0 Å². The Labute approximate surface area is 390 Å². The summed E-state index contributed by atoms with van der Waals surface area (Å²) in [4.78, 5) is 120. The number of unbranched alkanes of at least 4 members (excludes halogenated alkanes) is 1. The Kier molecular flexibility index (Phi) is 19.4. The van der Waals surface area contributed by atoms with Crippen LogP contribution < -0.4 is 49.1 Å². The first kappa shape index (κ1) is 51.4. The van der Waals surface area contributed by atoms with E-state index in [4.69, 9.17) is 17.2 Å². The normalized spacial score (nSPS) is 26.2. The number of nitrogens with one attached hydrogen (secondary N) is 6. The van der Waals surface area contributed by atoms with E-state index in [-0.39, 0.29) is 64.1 Å². The van der Waals surface area contributed by atoms with E-state index in [2.05, 4.69) is 36.9 Å². The Balaban J connectivity index is 1.55. The molecule has 13 N–H and O–H groups in total. The quantitative estimate of drug-likeness (QED) is 0.0570. The van der Waals surface area contributed by atoms with E-state index in [0.29, 0.717) is 43.2 Å². The molecule has 8 amide bonds. The van der Waals surface area contributed by atoms with Crippen LogP contribution in [-0.2, 0) is 51.2 Å². The number of nitrogens with two attached hydrogens (primary N) is 3. The minimum atomic E-state index is -1.57. The fourth-order valence-corrected chi connectivity index (χ4v) is 8.59. The van der Waals surface area contributed by atoms with Crippen LogP contribution in [0.25, 0.3) is 0 Å². The van der Waals surface area contributed by atoms with Crippen molar-refractivity contribution >= 4 is 53.2 Å². The van der Waals surface area contributed by atoms with Gasteiger partial charge in [0.05, 0.1) is 6.61 Å².